The summed E-state index contributed by atoms with van der Waals surface area (Å²) in [5, 5.41) is 9.87. The molecule has 0 radical (unpaired) electrons. The van der Waals surface area contributed by atoms with Crippen LogP contribution in [0.1, 0.15) is 11.1 Å². The van der Waals surface area contributed by atoms with Gasteiger partial charge >= 0.3 is 0 Å². The van der Waals surface area contributed by atoms with E-state index in [-0.39, 0.29) is 0 Å². The third kappa shape index (κ3) is 3.75. The van der Waals surface area contributed by atoms with Crippen molar-refractivity contribution in [1.29, 1.82) is 5.26 Å². The Morgan fingerprint density at radius 3 is 2.04 bits per heavy atom. The van der Waals surface area contributed by atoms with Crippen LogP contribution in [0.3, 0.4) is 0 Å². The molecule has 0 saturated carbocycles. The van der Waals surface area contributed by atoms with Gasteiger partial charge in [0.1, 0.15) is 17.4 Å². The van der Waals surface area contributed by atoms with Gasteiger partial charge in [0, 0.05) is 20.9 Å². The number of hydrogen-bond donors (Lipinski definition) is 0. The van der Waals surface area contributed by atoms with Gasteiger partial charge in [-0.05, 0) is 45.9 Å². The van der Waals surface area contributed by atoms with Gasteiger partial charge in [-0.25, -0.2) is 4.99 Å². The van der Waals surface area contributed by atoms with Crippen LogP contribution in [0, 0.1) is 14.9 Å². The Morgan fingerprint density at radius 2 is 1.43 bits per heavy atom. The van der Waals surface area contributed by atoms with Crippen LogP contribution in [0.4, 0.5) is 5.88 Å². The fraction of sp³-hybridized carbons (Fsp3) is 0. The molecule has 0 spiro atoms. The minimum absolute atomic E-state index is 0.318. The van der Waals surface area contributed by atoms with Crippen LogP contribution in [0.2, 0.25) is 0 Å². The Morgan fingerprint density at radius 1 is 0.821 bits per heavy atom. The highest BCUT2D eigenvalue weighted by atomic mass is 127. The second-order valence-electron chi connectivity index (χ2n) is 6.14. The zero-order chi connectivity index (χ0) is 19.3. The van der Waals surface area contributed by atoms with Gasteiger partial charge in [-0.3, -0.25) is 0 Å². The average molecular weight is 474 g/mol. The molecular weight excluding hydrogens is 459 g/mol. The molecule has 0 aliphatic rings. The Hall–Kier alpha value is -3.17. The number of halogens is 1. The number of furan rings is 1. The van der Waals surface area contributed by atoms with Crippen LogP contribution in [0.5, 0.6) is 0 Å². The van der Waals surface area contributed by atoms with Gasteiger partial charge in [-0.15, -0.1) is 0 Å². The summed E-state index contributed by atoms with van der Waals surface area (Å²) in [6.45, 7) is 0. The molecule has 0 amide bonds. The topological polar surface area (TPSA) is 49.3 Å². The van der Waals surface area contributed by atoms with E-state index < -0.39 is 0 Å². The predicted molar refractivity (Wildman–Crippen MR) is 121 cm³/mol. The van der Waals surface area contributed by atoms with Crippen LogP contribution in [-0.4, -0.2) is 6.21 Å². The fourth-order valence-corrected chi connectivity index (χ4v) is 3.33. The minimum Gasteiger partial charge on any atom is -0.436 e. The van der Waals surface area contributed by atoms with Crippen molar-refractivity contribution in [3.8, 4) is 28.5 Å². The van der Waals surface area contributed by atoms with Gasteiger partial charge in [0.25, 0.3) is 0 Å². The van der Waals surface area contributed by atoms with Crippen LogP contribution < -0.4 is 0 Å². The normalized spacial score (nSPS) is 10.9. The standard InChI is InChI=1S/C24H15IN2O/c25-20-13-11-17(12-14-20)16-27-24-21(15-26)22(18-7-3-1-4-8-18)23(28-24)19-9-5-2-6-10-19/h1-14,16H. The molecule has 4 aromatic rings. The molecule has 4 heteroatoms. The summed E-state index contributed by atoms with van der Waals surface area (Å²) in [6.07, 6.45) is 1.72. The van der Waals surface area contributed by atoms with E-state index in [1.54, 1.807) is 6.21 Å². The number of aliphatic imine (C=N–C) groups is 1. The number of hydrogen-bond acceptors (Lipinski definition) is 3. The molecule has 3 aromatic carbocycles. The van der Waals surface area contributed by atoms with E-state index in [0.29, 0.717) is 17.2 Å². The van der Waals surface area contributed by atoms with Crippen LogP contribution >= 0.6 is 22.6 Å². The number of rotatable bonds is 4. The van der Waals surface area contributed by atoms with E-state index >= 15 is 0 Å². The number of nitriles is 1. The van der Waals surface area contributed by atoms with Gasteiger partial charge in [0.15, 0.2) is 0 Å². The molecule has 4 rings (SSSR count). The lowest BCUT2D eigenvalue weighted by atomic mass is 9.98. The first-order chi connectivity index (χ1) is 13.8. The smallest absolute Gasteiger partial charge is 0.238 e. The van der Waals surface area contributed by atoms with Crippen molar-refractivity contribution < 1.29 is 4.42 Å². The van der Waals surface area contributed by atoms with Crippen molar-refractivity contribution in [2.75, 3.05) is 0 Å². The van der Waals surface area contributed by atoms with Crippen molar-refractivity contribution in [2.24, 2.45) is 4.99 Å². The SMILES string of the molecule is N#Cc1c(N=Cc2ccc(I)cc2)oc(-c2ccccc2)c1-c1ccccc1. The molecule has 0 atom stereocenters. The lowest BCUT2D eigenvalue weighted by molar-refractivity contribution is 0.593. The molecular formula is C24H15IN2O. The summed E-state index contributed by atoms with van der Waals surface area (Å²) >= 11 is 2.26. The zero-order valence-corrected chi connectivity index (χ0v) is 17.0. The molecule has 0 aliphatic carbocycles. The molecule has 134 valence electrons. The monoisotopic (exact) mass is 474 g/mol. The predicted octanol–water partition coefficient (Wildman–Crippen LogP) is 6.84. The maximum atomic E-state index is 9.87. The Kier molecular flexibility index (Phi) is 5.36. The van der Waals surface area contributed by atoms with Crippen LogP contribution in [0.15, 0.2) is 94.3 Å². The Bertz CT molecular complexity index is 1160. The summed E-state index contributed by atoms with van der Waals surface area (Å²) in [6, 6.07) is 29.9. The zero-order valence-electron chi connectivity index (χ0n) is 14.8. The van der Waals surface area contributed by atoms with E-state index in [2.05, 4.69) is 33.7 Å². The number of nitrogens with zero attached hydrogens (tertiary/aromatic N) is 2. The third-order valence-electron chi connectivity index (χ3n) is 4.30. The summed E-state index contributed by atoms with van der Waals surface area (Å²) in [5.74, 6) is 0.969. The first-order valence-electron chi connectivity index (χ1n) is 8.73. The second-order valence-corrected chi connectivity index (χ2v) is 7.39. The first kappa shape index (κ1) is 18.2. The summed E-state index contributed by atoms with van der Waals surface area (Å²) in [7, 11) is 0. The molecule has 0 unspecified atom stereocenters. The Balaban J connectivity index is 1.87. The van der Waals surface area contributed by atoms with E-state index in [9.17, 15) is 5.26 Å². The van der Waals surface area contributed by atoms with Gasteiger partial charge in [0.2, 0.25) is 5.88 Å². The summed E-state index contributed by atoms with van der Waals surface area (Å²) < 4.78 is 7.26. The van der Waals surface area contributed by atoms with Gasteiger partial charge in [-0.2, -0.15) is 5.26 Å². The van der Waals surface area contributed by atoms with E-state index in [1.165, 1.54) is 0 Å². The van der Waals surface area contributed by atoms with E-state index in [1.807, 2.05) is 84.9 Å². The van der Waals surface area contributed by atoms with E-state index in [0.717, 1.165) is 25.8 Å². The lowest BCUT2D eigenvalue weighted by Crippen LogP contribution is -1.83. The fourth-order valence-electron chi connectivity index (χ4n) is 2.97. The maximum absolute atomic E-state index is 9.87. The minimum atomic E-state index is 0.318. The van der Waals surface area contributed by atoms with Crippen molar-refractivity contribution in [1.82, 2.24) is 0 Å². The molecule has 28 heavy (non-hydrogen) atoms. The maximum Gasteiger partial charge on any atom is 0.238 e. The highest BCUT2D eigenvalue weighted by molar-refractivity contribution is 14.1. The van der Waals surface area contributed by atoms with Crippen LogP contribution in [-0.2, 0) is 0 Å². The lowest BCUT2D eigenvalue weighted by Gasteiger charge is -2.03. The van der Waals surface area contributed by atoms with Crippen molar-refractivity contribution >= 4 is 34.7 Å². The summed E-state index contributed by atoms with van der Waals surface area (Å²) in [5.41, 5.74) is 3.99. The highest BCUT2D eigenvalue weighted by Crippen LogP contribution is 2.42. The van der Waals surface area contributed by atoms with Crippen LogP contribution in [0.25, 0.3) is 22.5 Å². The quantitative estimate of drug-likeness (QED) is 0.240. The van der Waals surface area contributed by atoms with Crippen molar-refractivity contribution in [2.45, 2.75) is 0 Å². The largest absolute Gasteiger partial charge is 0.436 e. The van der Waals surface area contributed by atoms with Gasteiger partial charge < -0.3 is 4.42 Å². The molecule has 0 aliphatic heterocycles. The molecule has 0 saturated heterocycles. The molecule has 0 N–H and O–H groups in total. The first-order valence-corrected chi connectivity index (χ1v) is 9.81. The molecule has 1 aromatic heterocycles. The molecule has 0 fully saturated rings. The second kappa shape index (κ2) is 8.24. The molecule has 1 heterocycles. The van der Waals surface area contributed by atoms with Crippen molar-refractivity contribution in [3.05, 3.63) is 99.6 Å². The average Bonchev–Trinajstić information content (AvgIpc) is 3.13. The van der Waals surface area contributed by atoms with E-state index in [4.69, 9.17) is 4.42 Å². The summed E-state index contributed by atoms with van der Waals surface area (Å²) in [4.78, 5) is 4.49. The molecule has 0 bridgehead atoms. The van der Waals surface area contributed by atoms with Crippen molar-refractivity contribution in [3.63, 3.8) is 0 Å². The van der Waals surface area contributed by atoms with Gasteiger partial charge in [0.05, 0.1) is 0 Å². The number of benzene rings is 3. The third-order valence-corrected chi connectivity index (χ3v) is 5.02. The van der Waals surface area contributed by atoms with Gasteiger partial charge in [-0.1, -0.05) is 72.8 Å². The highest BCUT2D eigenvalue weighted by Gasteiger charge is 2.22. The molecule has 3 nitrogen and oxygen atoms in total. The Labute approximate surface area is 177 Å².